The van der Waals surface area contributed by atoms with E-state index in [1.807, 2.05) is 13.8 Å². The first-order valence-corrected chi connectivity index (χ1v) is 5.11. The summed E-state index contributed by atoms with van der Waals surface area (Å²) in [5.41, 5.74) is 0.696. The van der Waals surface area contributed by atoms with Crippen LogP contribution in [0.4, 0.5) is 5.69 Å². The summed E-state index contributed by atoms with van der Waals surface area (Å²) in [5.74, 6) is 2.27. The van der Waals surface area contributed by atoms with Gasteiger partial charge in [0.2, 0.25) is 5.91 Å². The van der Waals surface area contributed by atoms with Gasteiger partial charge < -0.3 is 5.32 Å². The van der Waals surface area contributed by atoms with Gasteiger partial charge in [-0.15, -0.1) is 6.42 Å². The molecule has 0 aliphatic heterocycles. The fraction of sp³-hybridized carbons (Fsp3) is 0.455. The highest BCUT2D eigenvalue weighted by molar-refractivity contribution is 5.91. The first-order valence-electron chi connectivity index (χ1n) is 5.11. The molecule has 0 aliphatic carbocycles. The van der Waals surface area contributed by atoms with Gasteiger partial charge in [-0.1, -0.05) is 5.92 Å². The topological polar surface area (TPSA) is 59.0 Å². The van der Waals surface area contributed by atoms with Crippen LogP contribution < -0.4 is 10.6 Å². The summed E-state index contributed by atoms with van der Waals surface area (Å²) in [5, 5.41) is 9.65. The standard InChI is InChI=1S/C11H16N4O/c1-4-5-12-7-11(16)14-10-6-13-15(8-10)9(2)3/h1,6,8-9,12H,5,7H2,2-3H3,(H,14,16). The molecule has 0 saturated heterocycles. The van der Waals surface area contributed by atoms with Crippen LogP contribution >= 0.6 is 0 Å². The highest BCUT2D eigenvalue weighted by atomic mass is 16.1. The second-order valence-corrected chi connectivity index (χ2v) is 3.66. The Morgan fingerprint density at radius 1 is 1.69 bits per heavy atom. The zero-order valence-electron chi connectivity index (χ0n) is 9.53. The average Bonchev–Trinajstić information content (AvgIpc) is 2.66. The number of amides is 1. The summed E-state index contributed by atoms with van der Waals surface area (Å²) in [6.07, 6.45) is 8.47. The maximum Gasteiger partial charge on any atom is 0.238 e. The van der Waals surface area contributed by atoms with E-state index in [0.717, 1.165) is 0 Å². The van der Waals surface area contributed by atoms with E-state index in [1.54, 1.807) is 17.1 Å². The van der Waals surface area contributed by atoms with Crippen molar-refractivity contribution in [3.63, 3.8) is 0 Å². The second-order valence-electron chi connectivity index (χ2n) is 3.66. The van der Waals surface area contributed by atoms with Crippen LogP contribution in [-0.2, 0) is 4.79 Å². The Balaban J connectivity index is 2.41. The molecule has 0 bridgehead atoms. The number of nitrogens with zero attached hydrogens (tertiary/aromatic N) is 2. The van der Waals surface area contributed by atoms with Gasteiger partial charge in [0, 0.05) is 12.2 Å². The van der Waals surface area contributed by atoms with E-state index in [4.69, 9.17) is 6.42 Å². The Labute approximate surface area is 95.2 Å². The van der Waals surface area contributed by atoms with Crippen molar-refractivity contribution >= 4 is 11.6 Å². The molecule has 0 unspecified atom stereocenters. The minimum absolute atomic E-state index is 0.126. The van der Waals surface area contributed by atoms with Crippen LogP contribution in [0.5, 0.6) is 0 Å². The molecule has 0 fully saturated rings. The lowest BCUT2D eigenvalue weighted by atomic mass is 10.4. The number of nitrogens with one attached hydrogen (secondary N) is 2. The number of carbonyl (C=O) groups is 1. The predicted octanol–water partition coefficient (Wildman–Crippen LogP) is 0.625. The average molecular weight is 220 g/mol. The fourth-order valence-electron chi connectivity index (χ4n) is 1.14. The van der Waals surface area contributed by atoms with Crippen molar-refractivity contribution in [2.45, 2.75) is 19.9 Å². The quantitative estimate of drug-likeness (QED) is 0.565. The minimum Gasteiger partial charge on any atom is -0.322 e. The molecule has 5 heteroatoms. The Bertz CT molecular complexity index is 389. The maximum absolute atomic E-state index is 11.4. The number of hydrogen-bond donors (Lipinski definition) is 2. The van der Waals surface area contributed by atoms with Crippen molar-refractivity contribution in [3.8, 4) is 12.3 Å². The SMILES string of the molecule is C#CCNCC(=O)Nc1cnn(C(C)C)c1. The van der Waals surface area contributed by atoms with Crippen molar-refractivity contribution in [1.82, 2.24) is 15.1 Å². The molecule has 86 valence electrons. The number of carbonyl (C=O) groups excluding carboxylic acids is 1. The molecule has 2 N–H and O–H groups in total. The number of anilines is 1. The van der Waals surface area contributed by atoms with Crippen molar-refractivity contribution in [2.24, 2.45) is 0 Å². The van der Waals surface area contributed by atoms with E-state index < -0.39 is 0 Å². The van der Waals surface area contributed by atoms with E-state index >= 15 is 0 Å². The lowest BCUT2D eigenvalue weighted by molar-refractivity contribution is -0.115. The van der Waals surface area contributed by atoms with Gasteiger partial charge in [-0.3, -0.25) is 14.8 Å². The van der Waals surface area contributed by atoms with Gasteiger partial charge in [0.1, 0.15) is 0 Å². The van der Waals surface area contributed by atoms with Gasteiger partial charge in [0.05, 0.1) is 25.0 Å². The number of rotatable bonds is 5. The molecular weight excluding hydrogens is 204 g/mol. The molecule has 0 aliphatic rings. The number of aromatic nitrogens is 2. The summed E-state index contributed by atoms with van der Waals surface area (Å²) in [7, 11) is 0. The zero-order chi connectivity index (χ0) is 12.0. The fourth-order valence-corrected chi connectivity index (χ4v) is 1.14. The highest BCUT2D eigenvalue weighted by Crippen LogP contribution is 2.09. The minimum atomic E-state index is -0.126. The second kappa shape index (κ2) is 5.93. The van der Waals surface area contributed by atoms with Crippen molar-refractivity contribution < 1.29 is 4.79 Å². The van der Waals surface area contributed by atoms with Gasteiger partial charge in [0.15, 0.2) is 0 Å². The molecule has 0 atom stereocenters. The molecule has 1 rings (SSSR count). The van der Waals surface area contributed by atoms with Gasteiger partial charge in [-0.2, -0.15) is 5.10 Å². The maximum atomic E-state index is 11.4. The first-order chi connectivity index (χ1) is 7.63. The molecular formula is C11H16N4O. The van der Waals surface area contributed by atoms with Crippen LogP contribution in [0, 0.1) is 12.3 Å². The van der Waals surface area contributed by atoms with Crippen LogP contribution in [0.1, 0.15) is 19.9 Å². The van der Waals surface area contributed by atoms with Crippen LogP contribution in [0.25, 0.3) is 0 Å². The van der Waals surface area contributed by atoms with E-state index in [-0.39, 0.29) is 18.5 Å². The van der Waals surface area contributed by atoms with Gasteiger partial charge in [-0.25, -0.2) is 0 Å². The Morgan fingerprint density at radius 3 is 3.00 bits per heavy atom. The lowest BCUT2D eigenvalue weighted by Crippen LogP contribution is -2.28. The molecule has 0 aromatic carbocycles. The highest BCUT2D eigenvalue weighted by Gasteiger charge is 2.05. The third kappa shape index (κ3) is 3.75. The van der Waals surface area contributed by atoms with Crippen LogP contribution in [0.15, 0.2) is 12.4 Å². The van der Waals surface area contributed by atoms with E-state index in [1.165, 1.54) is 0 Å². The molecule has 0 spiro atoms. The number of terminal acetylenes is 1. The lowest BCUT2D eigenvalue weighted by Gasteiger charge is -2.04. The largest absolute Gasteiger partial charge is 0.322 e. The molecule has 1 heterocycles. The Morgan fingerprint density at radius 2 is 2.44 bits per heavy atom. The molecule has 5 nitrogen and oxygen atoms in total. The Hall–Kier alpha value is -1.80. The van der Waals surface area contributed by atoms with Crippen molar-refractivity contribution in [3.05, 3.63) is 12.4 Å². The van der Waals surface area contributed by atoms with Gasteiger partial charge in [0.25, 0.3) is 0 Å². The van der Waals surface area contributed by atoms with Crippen LogP contribution in [0.3, 0.4) is 0 Å². The molecule has 16 heavy (non-hydrogen) atoms. The molecule has 1 amide bonds. The van der Waals surface area contributed by atoms with E-state index in [9.17, 15) is 4.79 Å². The zero-order valence-corrected chi connectivity index (χ0v) is 9.53. The summed E-state index contributed by atoms with van der Waals surface area (Å²) in [6.45, 7) is 4.63. The van der Waals surface area contributed by atoms with Gasteiger partial charge >= 0.3 is 0 Å². The third-order valence-electron chi connectivity index (χ3n) is 1.93. The molecule has 0 saturated carbocycles. The normalized spacial score (nSPS) is 10.1. The monoisotopic (exact) mass is 220 g/mol. The Kier molecular flexibility index (Phi) is 4.55. The van der Waals surface area contributed by atoms with Gasteiger partial charge in [-0.05, 0) is 13.8 Å². The number of hydrogen-bond acceptors (Lipinski definition) is 3. The third-order valence-corrected chi connectivity index (χ3v) is 1.93. The smallest absolute Gasteiger partial charge is 0.238 e. The first kappa shape index (κ1) is 12.3. The van der Waals surface area contributed by atoms with E-state index in [0.29, 0.717) is 12.2 Å². The van der Waals surface area contributed by atoms with Crippen molar-refractivity contribution in [2.75, 3.05) is 18.4 Å². The molecule has 1 aromatic rings. The summed E-state index contributed by atoms with van der Waals surface area (Å²) >= 11 is 0. The molecule has 0 radical (unpaired) electrons. The van der Waals surface area contributed by atoms with E-state index in [2.05, 4.69) is 21.7 Å². The summed E-state index contributed by atoms with van der Waals surface area (Å²) < 4.78 is 1.78. The van der Waals surface area contributed by atoms with Crippen molar-refractivity contribution in [1.29, 1.82) is 0 Å². The summed E-state index contributed by atoms with van der Waals surface area (Å²) in [4.78, 5) is 11.4. The summed E-state index contributed by atoms with van der Waals surface area (Å²) in [6, 6.07) is 0.283. The predicted molar refractivity (Wildman–Crippen MR) is 62.9 cm³/mol. The molecule has 1 aromatic heterocycles. The van der Waals surface area contributed by atoms with Crippen LogP contribution in [0.2, 0.25) is 0 Å². The van der Waals surface area contributed by atoms with Crippen LogP contribution in [-0.4, -0.2) is 28.8 Å².